The number of nitrogens with one attached hydrogen (secondary N) is 1. The van der Waals surface area contributed by atoms with Crippen LogP contribution in [-0.4, -0.2) is 140 Å². The molecule has 358 valence electrons. The predicted molar refractivity (Wildman–Crippen MR) is 235 cm³/mol. The molecule has 0 bridgehead atoms. The standard InChI is InChI=1S/C47H87NO13/c1-3-5-7-9-11-13-15-17-18-19-20-22-24-26-28-30-36(51)35(48-39(52)31-29-27-25-23-21-16-14-12-10-8-6-4-2)34-58-46-44(57)42(55)45(38(33-50)60-46)61-47-43(56)41(54)40(53)37(32-49)59-47/h12,14,28,30,35-38,40-47,49-51,53-57H,3-11,13,15-27,29,31-34H2,1-2H3,(H,48,52)/b14-12-,30-28+. The van der Waals surface area contributed by atoms with Gasteiger partial charge in [-0.1, -0.05) is 147 Å². The van der Waals surface area contributed by atoms with Crippen LogP contribution in [0.3, 0.4) is 0 Å². The Morgan fingerprint density at radius 1 is 0.574 bits per heavy atom. The maximum Gasteiger partial charge on any atom is 0.220 e. The maximum absolute atomic E-state index is 13.1. The van der Waals surface area contributed by atoms with Crippen molar-refractivity contribution >= 4 is 5.91 Å². The summed E-state index contributed by atoms with van der Waals surface area (Å²) >= 11 is 0. The molecule has 0 aromatic rings. The summed E-state index contributed by atoms with van der Waals surface area (Å²) in [5, 5.41) is 86.5. The average Bonchev–Trinajstić information content (AvgIpc) is 3.26. The Balaban J connectivity index is 1.89. The first-order valence-corrected chi connectivity index (χ1v) is 24.1. The number of amides is 1. The molecule has 1 amide bonds. The van der Waals surface area contributed by atoms with Crippen molar-refractivity contribution in [3.8, 4) is 0 Å². The highest BCUT2D eigenvalue weighted by atomic mass is 16.7. The molecular weight excluding hydrogens is 787 g/mol. The van der Waals surface area contributed by atoms with E-state index in [4.69, 9.17) is 18.9 Å². The molecule has 0 saturated carbocycles. The van der Waals surface area contributed by atoms with Gasteiger partial charge in [-0.25, -0.2) is 0 Å². The monoisotopic (exact) mass is 874 g/mol. The molecular formula is C47H87NO13. The van der Waals surface area contributed by atoms with Crippen LogP contribution < -0.4 is 5.32 Å². The van der Waals surface area contributed by atoms with Gasteiger partial charge in [0.25, 0.3) is 0 Å². The molecule has 2 aliphatic rings. The molecule has 14 nitrogen and oxygen atoms in total. The molecule has 9 N–H and O–H groups in total. The molecule has 61 heavy (non-hydrogen) atoms. The van der Waals surface area contributed by atoms with Gasteiger partial charge in [-0.15, -0.1) is 0 Å². The van der Waals surface area contributed by atoms with Gasteiger partial charge in [-0.2, -0.15) is 0 Å². The number of carbonyl (C=O) groups is 1. The number of aliphatic hydroxyl groups excluding tert-OH is 8. The second-order valence-electron chi connectivity index (χ2n) is 17.2. The van der Waals surface area contributed by atoms with Crippen molar-refractivity contribution in [3.63, 3.8) is 0 Å². The van der Waals surface area contributed by atoms with Gasteiger partial charge in [0.15, 0.2) is 12.6 Å². The van der Waals surface area contributed by atoms with Crippen LogP contribution in [0.15, 0.2) is 24.3 Å². The number of aliphatic hydroxyl groups is 8. The van der Waals surface area contributed by atoms with Crippen LogP contribution in [0.1, 0.15) is 174 Å². The molecule has 2 fully saturated rings. The zero-order valence-electron chi connectivity index (χ0n) is 37.7. The number of carbonyl (C=O) groups excluding carboxylic acids is 1. The van der Waals surface area contributed by atoms with Gasteiger partial charge in [0.05, 0.1) is 32.0 Å². The first kappa shape index (κ1) is 55.6. The molecule has 12 unspecified atom stereocenters. The third-order valence-electron chi connectivity index (χ3n) is 11.9. The van der Waals surface area contributed by atoms with Crippen molar-refractivity contribution in [1.29, 1.82) is 0 Å². The number of rotatable bonds is 36. The number of hydrogen-bond acceptors (Lipinski definition) is 13. The summed E-state index contributed by atoms with van der Waals surface area (Å²) < 4.78 is 22.6. The fourth-order valence-electron chi connectivity index (χ4n) is 7.87. The van der Waals surface area contributed by atoms with E-state index in [0.717, 1.165) is 57.8 Å². The van der Waals surface area contributed by atoms with Gasteiger partial charge in [0.1, 0.15) is 48.8 Å². The summed E-state index contributed by atoms with van der Waals surface area (Å²) in [6.07, 6.45) is 19.3. The van der Waals surface area contributed by atoms with E-state index in [1.54, 1.807) is 6.08 Å². The Bertz CT molecular complexity index is 1130. The SMILES string of the molecule is CCCCC/C=C\CCCCCCCC(=O)NC(COC1OC(CO)C(OC2OC(CO)C(O)C(O)C2O)C(O)C1O)C(O)/C=C/CCCCCCCCCCCCCCC. The Morgan fingerprint density at radius 2 is 1.03 bits per heavy atom. The lowest BCUT2D eigenvalue weighted by atomic mass is 9.97. The zero-order valence-corrected chi connectivity index (χ0v) is 37.7. The molecule has 12 atom stereocenters. The summed E-state index contributed by atoms with van der Waals surface area (Å²) in [5.41, 5.74) is 0. The average molecular weight is 874 g/mol. The van der Waals surface area contributed by atoms with E-state index >= 15 is 0 Å². The van der Waals surface area contributed by atoms with Gasteiger partial charge >= 0.3 is 0 Å². The summed E-state index contributed by atoms with van der Waals surface area (Å²) in [6, 6.07) is -0.914. The number of ether oxygens (including phenoxy) is 4. The molecule has 2 saturated heterocycles. The molecule has 2 heterocycles. The van der Waals surface area contributed by atoms with Crippen LogP contribution in [0.2, 0.25) is 0 Å². The van der Waals surface area contributed by atoms with E-state index in [0.29, 0.717) is 6.42 Å². The first-order chi connectivity index (χ1) is 29.6. The molecule has 14 heteroatoms. The van der Waals surface area contributed by atoms with Crippen LogP contribution >= 0.6 is 0 Å². The molecule has 0 aromatic heterocycles. The smallest absolute Gasteiger partial charge is 0.220 e. The van der Waals surface area contributed by atoms with Crippen molar-refractivity contribution < 1.29 is 64.6 Å². The van der Waals surface area contributed by atoms with E-state index < -0.39 is 86.8 Å². The molecule has 2 rings (SSSR count). The van der Waals surface area contributed by atoms with Gasteiger partial charge in [-0.05, 0) is 44.9 Å². The predicted octanol–water partition coefficient (Wildman–Crippen LogP) is 5.38. The largest absolute Gasteiger partial charge is 0.394 e. The van der Waals surface area contributed by atoms with Crippen molar-refractivity contribution in [2.24, 2.45) is 0 Å². The molecule has 0 spiro atoms. The highest BCUT2D eigenvalue weighted by molar-refractivity contribution is 5.76. The third kappa shape index (κ3) is 22.8. The van der Waals surface area contributed by atoms with Crippen LogP contribution in [0.25, 0.3) is 0 Å². The quantitative estimate of drug-likeness (QED) is 0.0285. The molecule has 0 radical (unpaired) electrons. The van der Waals surface area contributed by atoms with Crippen LogP contribution in [0.5, 0.6) is 0 Å². The number of hydrogen-bond donors (Lipinski definition) is 9. The summed E-state index contributed by atoms with van der Waals surface area (Å²) in [5.74, 6) is -0.251. The Hall–Kier alpha value is -1.53. The minimum absolute atomic E-state index is 0.251. The number of unbranched alkanes of at least 4 members (excludes halogenated alkanes) is 21. The fraction of sp³-hybridized carbons (Fsp3) is 0.894. The topological polar surface area (TPSA) is 228 Å². The van der Waals surface area contributed by atoms with E-state index in [1.807, 2.05) is 6.08 Å². The minimum Gasteiger partial charge on any atom is -0.394 e. The van der Waals surface area contributed by atoms with Gasteiger partial charge in [0, 0.05) is 6.42 Å². The van der Waals surface area contributed by atoms with E-state index in [2.05, 4.69) is 31.3 Å². The second-order valence-corrected chi connectivity index (χ2v) is 17.2. The second kappa shape index (κ2) is 34.8. The Labute approximate surface area is 367 Å². The third-order valence-corrected chi connectivity index (χ3v) is 11.9. The van der Waals surface area contributed by atoms with Crippen LogP contribution in [-0.2, 0) is 23.7 Å². The highest BCUT2D eigenvalue weighted by Gasteiger charge is 2.51. The molecule has 0 aliphatic carbocycles. The van der Waals surface area contributed by atoms with Gasteiger partial charge in [-0.3, -0.25) is 4.79 Å². The molecule has 2 aliphatic heterocycles. The van der Waals surface area contributed by atoms with E-state index in [9.17, 15) is 45.6 Å². The first-order valence-electron chi connectivity index (χ1n) is 24.1. The van der Waals surface area contributed by atoms with Gasteiger partial charge in [0.2, 0.25) is 5.91 Å². The highest BCUT2D eigenvalue weighted by Crippen LogP contribution is 2.30. The lowest BCUT2D eigenvalue weighted by Gasteiger charge is -2.46. The Morgan fingerprint density at radius 3 is 1.59 bits per heavy atom. The Kier molecular flexibility index (Phi) is 31.7. The summed E-state index contributed by atoms with van der Waals surface area (Å²) in [7, 11) is 0. The van der Waals surface area contributed by atoms with Crippen molar-refractivity contribution in [1.82, 2.24) is 5.32 Å². The van der Waals surface area contributed by atoms with Crippen molar-refractivity contribution in [3.05, 3.63) is 24.3 Å². The molecule has 0 aromatic carbocycles. The fourth-order valence-corrected chi connectivity index (χ4v) is 7.87. The van der Waals surface area contributed by atoms with Crippen molar-refractivity contribution in [2.75, 3.05) is 19.8 Å². The van der Waals surface area contributed by atoms with E-state index in [-0.39, 0.29) is 18.9 Å². The maximum atomic E-state index is 13.1. The minimum atomic E-state index is -1.79. The van der Waals surface area contributed by atoms with Crippen molar-refractivity contribution in [2.45, 2.75) is 248 Å². The summed E-state index contributed by atoms with van der Waals surface area (Å²) in [4.78, 5) is 13.1. The number of allylic oxidation sites excluding steroid dienone is 3. The van der Waals surface area contributed by atoms with E-state index in [1.165, 1.54) is 89.9 Å². The zero-order chi connectivity index (χ0) is 44.7. The van der Waals surface area contributed by atoms with Crippen LogP contribution in [0, 0.1) is 0 Å². The lowest BCUT2D eigenvalue weighted by Crippen LogP contribution is -2.65. The van der Waals surface area contributed by atoms with Crippen LogP contribution in [0.4, 0.5) is 0 Å². The van der Waals surface area contributed by atoms with Gasteiger partial charge < -0.3 is 65.1 Å². The lowest BCUT2D eigenvalue weighted by molar-refractivity contribution is -0.359. The summed E-state index contributed by atoms with van der Waals surface area (Å²) in [6.45, 7) is 2.74. The normalized spacial score (nSPS) is 28.2.